The van der Waals surface area contributed by atoms with Crippen LogP contribution in [0.1, 0.15) is 11.8 Å². The number of thiazole rings is 1. The van der Waals surface area contributed by atoms with Gasteiger partial charge in [-0.1, -0.05) is 12.1 Å². The molecule has 1 N–H and O–H groups in total. The van der Waals surface area contributed by atoms with Crippen LogP contribution in [0.25, 0.3) is 21.8 Å². The summed E-state index contributed by atoms with van der Waals surface area (Å²) in [6.45, 7) is 3.57. The number of nitrogens with zero attached hydrogens (tertiary/aromatic N) is 1. The van der Waals surface area contributed by atoms with Crippen molar-refractivity contribution in [3.63, 3.8) is 0 Å². The van der Waals surface area contributed by atoms with Crippen LogP contribution < -0.4 is 10.1 Å². The first-order valence-electron chi connectivity index (χ1n) is 7.56. The summed E-state index contributed by atoms with van der Waals surface area (Å²) in [5.74, 6) is 0.759. The lowest BCUT2D eigenvalue weighted by molar-refractivity contribution is -0.114. The van der Waals surface area contributed by atoms with Crippen LogP contribution in [0.2, 0.25) is 0 Å². The number of hydrogen-bond acceptors (Lipinski definition) is 4. The smallest absolute Gasteiger partial charge is 0.221 e. The van der Waals surface area contributed by atoms with Gasteiger partial charge in [-0.3, -0.25) is 4.79 Å². The SMILES string of the molecule is COc1ccc(-c2nc(-c3ccc(NC(C)=O)cc3)c(C)s2)cc1. The number of aromatic nitrogens is 1. The first-order valence-corrected chi connectivity index (χ1v) is 8.38. The van der Waals surface area contributed by atoms with E-state index in [1.807, 2.05) is 48.5 Å². The molecule has 0 spiro atoms. The lowest BCUT2D eigenvalue weighted by Crippen LogP contribution is -2.05. The molecule has 0 aliphatic heterocycles. The zero-order valence-electron chi connectivity index (χ0n) is 13.8. The van der Waals surface area contributed by atoms with Crippen LogP contribution in [0.4, 0.5) is 5.69 Å². The third kappa shape index (κ3) is 3.46. The molecule has 0 aliphatic rings. The highest BCUT2D eigenvalue weighted by Crippen LogP contribution is 2.34. The van der Waals surface area contributed by atoms with E-state index in [-0.39, 0.29) is 5.91 Å². The van der Waals surface area contributed by atoms with Gasteiger partial charge in [-0.2, -0.15) is 0 Å². The fourth-order valence-corrected chi connectivity index (χ4v) is 3.38. The van der Waals surface area contributed by atoms with E-state index < -0.39 is 0 Å². The number of hydrogen-bond donors (Lipinski definition) is 1. The summed E-state index contributed by atoms with van der Waals surface area (Å²) in [7, 11) is 1.66. The maximum Gasteiger partial charge on any atom is 0.221 e. The second-order valence-electron chi connectivity index (χ2n) is 5.41. The molecule has 0 saturated heterocycles. The van der Waals surface area contributed by atoms with Crippen molar-refractivity contribution in [2.45, 2.75) is 13.8 Å². The Balaban J connectivity index is 1.89. The number of carbonyl (C=O) groups excluding carboxylic acids is 1. The number of anilines is 1. The van der Waals surface area contributed by atoms with E-state index in [1.54, 1.807) is 18.4 Å². The minimum absolute atomic E-state index is 0.0746. The van der Waals surface area contributed by atoms with Gasteiger partial charge in [0.15, 0.2) is 0 Å². The molecule has 0 unspecified atom stereocenters. The van der Waals surface area contributed by atoms with Gasteiger partial charge in [0, 0.05) is 28.6 Å². The van der Waals surface area contributed by atoms with Crippen LogP contribution in [0.3, 0.4) is 0 Å². The molecule has 1 aromatic heterocycles. The molecule has 24 heavy (non-hydrogen) atoms. The molecule has 122 valence electrons. The molecule has 0 fully saturated rings. The highest BCUT2D eigenvalue weighted by molar-refractivity contribution is 7.15. The number of nitrogens with one attached hydrogen (secondary N) is 1. The van der Waals surface area contributed by atoms with Crippen LogP contribution in [0.15, 0.2) is 48.5 Å². The van der Waals surface area contributed by atoms with E-state index in [0.29, 0.717) is 0 Å². The first kappa shape index (κ1) is 16.2. The number of methoxy groups -OCH3 is 1. The maximum absolute atomic E-state index is 11.1. The second kappa shape index (κ2) is 6.84. The second-order valence-corrected chi connectivity index (χ2v) is 6.61. The molecule has 0 radical (unpaired) electrons. The van der Waals surface area contributed by atoms with E-state index in [2.05, 4.69) is 12.2 Å². The molecule has 0 bridgehead atoms. The number of ether oxygens (including phenoxy) is 1. The Labute approximate surface area is 145 Å². The van der Waals surface area contributed by atoms with Crippen LogP contribution in [0, 0.1) is 6.92 Å². The Bertz CT molecular complexity index is 852. The van der Waals surface area contributed by atoms with Gasteiger partial charge < -0.3 is 10.1 Å². The van der Waals surface area contributed by atoms with Gasteiger partial charge in [-0.15, -0.1) is 11.3 Å². The van der Waals surface area contributed by atoms with Crippen molar-refractivity contribution in [3.8, 4) is 27.6 Å². The summed E-state index contributed by atoms with van der Waals surface area (Å²) in [5, 5.41) is 3.75. The lowest BCUT2D eigenvalue weighted by Gasteiger charge is -2.03. The molecule has 0 atom stereocenters. The minimum Gasteiger partial charge on any atom is -0.497 e. The van der Waals surface area contributed by atoms with Crippen molar-refractivity contribution in [3.05, 3.63) is 53.4 Å². The summed E-state index contributed by atoms with van der Waals surface area (Å²) in [6, 6.07) is 15.6. The van der Waals surface area contributed by atoms with E-state index in [0.717, 1.165) is 38.1 Å². The summed E-state index contributed by atoms with van der Waals surface area (Å²) < 4.78 is 5.19. The molecule has 3 rings (SSSR count). The normalized spacial score (nSPS) is 10.5. The van der Waals surface area contributed by atoms with E-state index in [4.69, 9.17) is 9.72 Å². The van der Waals surface area contributed by atoms with Crippen LogP contribution in [-0.4, -0.2) is 18.0 Å². The largest absolute Gasteiger partial charge is 0.497 e. The molecule has 3 aromatic rings. The average Bonchev–Trinajstić information content (AvgIpc) is 2.97. The molecule has 0 saturated carbocycles. The average molecular weight is 338 g/mol. The summed E-state index contributed by atoms with van der Waals surface area (Å²) in [6.07, 6.45) is 0. The number of aryl methyl sites for hydroxylation is 1. The zero-order chi connectivity index (χ0) is 17.1. The van der Waals surface area contributed by atoms with Gasteiger partial charge in [-0.25, -0.2) is 4.98 Å². The van der Waals surface area contributed by atoms with Gasteiger partial charge in [-0.05, 0) is 43.3 Å². The monoisotopic (exact) mass is 338 g/mol. The minimum atomic E-state index is -0.0746. The van der Waals surface area contributed by atoms with Crippen LogP contribution in [0.5, 0.6) is 5.75 Å². The first-order chi connectivity index (χ1) is 11.6. The molecule has 2 aromatic carbocycles. The van der Waals surface area contributed by atoms with Gasteiger partial charge in [0.25, 0.3) is 0 Å². The molecule has 1 amide bonds. The highest BCUT2D eigenvalue weighted by atomic mass is 32.1. The number of benzene rings is 2. The summed E-state index contributed by atoms with van der Waals surface area (Å²) in [5.41, 5.74) is 3.87. The Morgan fingerprint density at radius 1 is 1.04 bits per heavy atom. The molecule has 0 aliphatic carbocycles. The number of amides is 1. The lowest BCUT2D eigenvalue weighted by atomic mass is 10.1. The Morgan fingerprint density at radius 3 is 2.25 bits per heavy atom. The van der Waals surface area contributed by atoms with Crippen molar-refractivity contribution in [1.82, 2.24) is 4.98 Å². The number of rotatable bonds is 4. The molecule has 5 heteroatoms. The summed E-state index contributed by atoms with van der Waals surface area (Å²) >= 11 is 1.67. The summed E-state index contributed by atoms with van der Waals surface area (Å²) in [4.78, 5) is 17.0. The zero-order valence-corrected chi connectivity index (χ0v) is 14.6. The molecule has 4 nitrogen and oxygen atoms in total. The predicted molar refractivity (Wildman–Crippen MR) is 98.6 cm³/mol. The van der Waals surface area contributed by atoms with Gasteiger partial charge in [0.2, 0.25) is 5.91 Å². The van der Waals surface area contributed by atoms with Crippen LogP contribution >= 0.6 is 11.3 Å². The van der Waals surface area contributed by atoms with E-state index in [1.165, 1.54) is 6.92 Å². The van der Waals surface area contributed by atoms with E-state index in [9.17, 15) is 4.79 Å². The third-order valence-electron chi connectivity index (χ3n) is 3.61. The van der Waals surface area contributed by atoms with Crippen molar-refractivity contribution >= 4 is 22.9 Å². The van der Waals surface area contributed by atoms with Crippen molar-refractivity contribution < 1.29 is 9.53 Å². The molecular weight excluding hydrogens is 320 g/mol. The highest BCUT2D eigenvalue weighted by Gasteiger charge is 2.11. The third-order valence-corrected chi connectivity index (χ3v) is 4.63. The van der Waals surface area contributed by atoms with Gasteiger partial charge in [0.05, 0.1) is 12.8 Å². The van der Waals surface area contributed by atoms with E-state index >= 15 is 0 Å². The Hall–Kier alpha value is -2.66. The van der Waals surface area contributed by atoms with Gasteiger partial charge in [0.1, 0.15) is 10.8 Å². The van der Waals surface area contributed by atoms with Crippen molar-refractivity contribution in [2.24, 2.45) is 0 Å². The fraction of sp³-hybridized carbons (Fsp3) is 0.158. The van der Waals surface area contributed by atoms with Crippen molar-refractivity contribution in [1.29, 1.82) is 0 Å². The van der Waals surface area contributed by atoms with Gasteiger partial charge >= 0.3 is 0 Å². The Kier molecular flexibility index (Phi) is 4.62. The van der Waals surface area contributed by atoms with Crippen molar-refractivity contribution in [2.75, 3.05) is 12.4 Å². The topological polar surface area (TPSA) is 51.2 Å². The number of carbonyl (C=O) groups is 1. The fourth-order valence-electron chi connectivity index (χ4n) is 2.44. The quantitative estimate of drug-likeness (QED) is 0.746. The van der Waals surface area contributed by atoms with Crippen LogP contribution in [-0.2, 0) is 4.79 Å². The maximum atomic E-state index is 11.1. The molecule has 1 heterocycles. The standard InChI is InChI=1S/C19H18N2O2S/c1-12-18(14-4-8-16(9-5-14)20-13(2)22)21-19(24-12)15-6-10-17(23-3)11-7-15/h4-11H,1-3H3,(H,20,22). The predicted octanol–water partition coefficient (Wildman–Crippen LogP) is 4.75. The Morgan fingerprint density at radius 2 is 1.67 bits per heavy atom. The molecular formula is C19H18N2O2S.